The number of aryl methyl sites for hydroxylation is 1. The second-order valence-corrected chi connectivity index (χ2v) is 8.38. The van der Waals surface area contributed by atoms with E-state index in [-0.39, 0.29) is 6.54 Å². The highest BCUT2D eigenvalue weighted by Gasteiger charge is 2.18. The number of carbonyl (C=O) groups is 3. The predicted molar refractivity (Wildman–Crippen MR) is 118 cm³/mol. The van der Waals surface area contributed by atoms with Crippen LogP contribution in [0.1, 0.15) is 15.2 Å². The van der Waals surface area contributed by atoms with Crippen molar-refractivity contribution in [2.45, 2.75) is 6.92 Å². The molecule has 3 rings (SSSR count). The highest BCUT2D eigenvalue weighted by molar-refractivity contribution is 9.10. The maximum Gasteiger partial charge on any atom is 0.325 e. The number of nitrogens with one attached hydrogen (secondary N) is 2. The Balaban J connectivity index is 1.47. The molecule has 2 N–H and O–H groups in total. The van der Waals surface area contributed by atoms with Crippen LogP contribution < -0.4 is 10.6 Å². The highest BCUT2D eigenvalue weighted by Crippen LogP contribution is 2.34. The maximum absolute atomic E-state index is 12.3. The number of esters is 1. The standard InChI is InChI=1S/C20H16BrClN2O4S/c1-11-8-12(6-7-14(11)21)24-16(25)10-28-17(26)9-23-20(27)19-18(22)13-4-2-3-5-15(13)29-19/h2-8H,9-10H2,1H3,(H,23,27)(H,24,25). The zero-order chi connectivity index (χ0) is 21.0. The van der Waals surface area contributed by atoms with Crippen LogP contribution in [0.5, 0.6) is 0 Å². The van der Waals surface area contributed by atoms with Crippen LogP contribution in [-0.4, -0.2) is 30.9 Å². The minimum absolute atomic E-state index is 0.323. The van der Waals surface area contributed by atoms with Crippen molar-refractivity contribution >= 4 is 72.4 Å². The summed E-state index contributed by atoms with van der Waals surface area (Å²) in [7, 11) is 0. The average Bonchev–Trinajstić information content (AvgIpc) is 3.04. The van der Waals surface area contributed by atoms with E-state index in [1.807, 2.05) is 37.3 Å². The molecule has 29 heavy (non-hydrogen) atoms. The normalized spacial score (nSPS) is 10.6. The van der Waals surface area contributed by atoms with Crippen LogP contribution in [0.4, 0.5) is 5.69 Å². The number of carbonyl (C=O) groups excluding carboxylic acids is 3. The molecule has 0 aliphatic carbocycles. The van der Waals surface area contributed by atoms with Gasteiger partial charge in [0.25, 0.3) is 11.8 Å². The first-order valence-corrected chi connectivity index (χ1v) is 10.5. The van der Waals surface area contributed by atoms with E-state index in [0.29, 0.717) is 15.6 Å². The minimum Gasteiger partial charge on any atom is -0.454 e. The number of ether oxygens (including phenoxy) is 1. The lowest BCUT2D eigenvalue weighted by molar-refractivity contribution is -0.146. The number of hydrogen-bond donors (Lipinski definition) is 2. The van der Waals surface area contributed by atoms with Gasteiger partial charge < -0.3 is 15.4 Å². The lowest BCUT2D eigenvalue weighted by Gasteiger charge is -2.08. The van der Waals surface area contributed by atoms with E-state index < -0.39 is 24.4 Å². The molecule has 0 aliphatic rings. The van der Waals surface area contributed by atoms with E-state index in [9.17, 15) is 14.4 Å². The number of amides is 2. The predicted octanol–water partition coefficient (Wildman–Crippen LogP) is 4.54. The quantitative estimate of drug-likeness (QED) is 0.492. The van der Waals surface area contributed by atoms with Gasteiger partial charge in [-0.2, -0.15) is 0 Å². The Morgan fingerprint density at radius 3 is 2.66 bits per heavy atom. The van der Waals surface area contributed by atoms with Crippen molar-refractivity contribution in [1.29, 1.82) is 0 Å². The first-order chi connectivity index (χ1) is 13.8. The molecule has 0 saturated carbocycles. The Labute approximate surface area is 184 Å². The second kappa shape index (κ2) is 9.39. The van der Waals surface area contributed by atoms with Crippen LogP contribution in [0, 0.1) is 6.92 Å². The second-order valence-electron chi connectivity index (χ2n) is 6.10. The molecular formula is C20H16BrClN2O4S. The molecule has 0 saturated heterocycles. The van der Waals surface area contributed by atoms with Crippen molar-refractivity contribution in [2.75, 3.05) is 18.5 Å². The van der Waals surface area contributed by atoms with Crippen molar-refractivity contribution in [2.24, 2.45) is 0 Å². The Bertz CT molecular complexity index is 1100. The largest absolute Gasteiger partial charge is 0.454 e. The molecule has 0 unspecified atom stereocenters. The van der Waals surface area contributed by atoms with E-state index in [1.54, 1.807) is 12.1 Å². The Morgan fingerprint density at radius 1 is 1.17 bits per heavy atom. The Kier molecular flexibility index (Phi) is 6.89. The number of fused-ring (bicyclic) bond motifs is 1. The summed E-state index contributed by atoms with van der Waals surface area (Å²) in [5.74, 6) is -1.67. The molecule has 0 spiro atoms. The molecule has 9 heteroatoms. The molecular weight excluding hydrogens is 480 g/mol. The summed E-state index contributed by atoms with van der Waals surface area (Å²) in [4.78, 5) is 36.4. The molecule has 1 heterocycles. The number of rotatable bonds is 6. The number of halogens is 2. The van der Waals surface area contributed by atoms with E-state index in [2.05, 4.69) is 26.6 Å². The summed E-state index contributed by atoms with van der Waals surface area (Å²) in [6.45, 7) is 1.08. The van der Waals surface area contributed by atoms with Crippen LogP contribution in [0.25, 0.3) is 10.1 Å². The van der Waals surface area contributed by atoms with Crippen molar-refractivity contribution in [3.63, 3.8) is 0 Å². The first kappa shape index (κ1) is 21.3. The summed E-state index contributed by atoms with van der Waals surface area (Å²) in [5, 5.41) is 6.23. The monoisotopic (exact) mass is 494 g/mol. The van der Waals surface area contributed by atoms with Gasteiger partial charge in [-0.25, -0.2) is 0 Å². The van der Waals surface area contributed by atoms with Crippen molar-refractivity contribution in [3.8, 4) is 0 Å². The van der Waals surface area contributed by atoms with Gasteiger partial charge in [-0.3, -0.25) is 14.4 Å². The lowest BCUT2D eigenvalue weighted by Crippen LogP contribution is -2.32. The topological polar surface area (TPSA) is 84.5 Å². The summed E-state index contributed by atoms with van der Waals surface area (Å²) in [6.07, 6.45) is 0. The lowest BCUT2D eigenvalue weighted by atomic mass is 10.2. The van der Waals surface area contributed by atoms with E-state index >= 15 is 0 Å². The van der Waals surface area contributed by atoms with Crippen molar-refractivity contribution in [3.05, 3.63) is 62.4 Å². The minimum atomic E-state index is -0.724. The maximum atomic E-state index is 12.3. The van der Waals surface area contributed by atoms with Gasteiger partial charge in [-0.05, 0) is 36.8 Å². The molecule has 0 radical (unpaired) electrons. The van der Waals surface area contributed by atoms with E-state index in [4.69, 9.17) is 16.3 Å². The van der Waals surface area contributed by atoms with Crippen LogP contribution in [0.2, 0.25) is 5.02 Å². The van der Waals surface area contributed by atoms with Gasteiger partial charge in [0.05, 0.1) is 5.02 Å². The van der Waals surface area contributed by atoms with Gasteiger partial charge in [-0.15, -0.1) is 11.3 Å². The first-order valence-electron chi connectivity index (χ1n) is 8.52. The molecule has 0 atom stereocenters. The third-order valence-electron chi connectivity index (χ3n) is 3.94. The fraction of sp³-hybridized carbons (Fsp3) is 0.150. The average molecular weight is 496 g/mol. The molecule has 2 aromatic carbocycles. The number of benzene rings is 2. The van der Waals surface area contributed by atoms with Gasteiger partial charge >= 0.3 is 5.97 Å². The van der Waals surface area contributed by atoms with Gasteiger partial charge in [0, 0.05) is 20.2 Å². The summed E-state index contributed by atoms with van der Waals surface area (Å²) >= 11 is 10.9. The van der Waals surface area contributed by atoms with Crippen molar-refractivity contribution in [1.82, 2.24) is 5.32 Å². The number of hydrogen-bond acceptors (Lipinski definition) is 5. The molecule has 3 aromatic rings. The van der Waals surface area contributed by atoms with Crippen LogP contribution >= 0.6 is 38.9 Å². The van der Waals surface area contributed by atoms with Crippen LogP contribution in [0.3, 0.4) is 0 Å². The Hall–Kier alpha value is -2.42. The summed E-state index contributed by atoms with van der Waals surface area (Å²) < 4.78 is 6.71. The van der Waals surface area contributed by atoms with Gasteiger partial charge in [0.2, 0.25) is 0 Å². The summed E-state index contributed by atoms with van der Waals surface area (Å²) in [5.41, 5.74) is 1.56. The molecule has 2 amide bonds. The zero-order valence-electron chi connectivity index (χ0n) is 15.3. The summed E-state index contributed by atoms with van der Waals surface area (Å²) in [6, 6.07) is 12.7. The van der Waals surface area contributed by atoms with Gasteiger partial charge in [-0.1, -0.05) is 45.7 Å². The smallest absolute Gasteiger partial charge is 0.325 e. The third kappa shape index (κ3) is 5.35. The van der Waals surface area contributed by atoms with Crippen LogP contribution in [-0.2, 0) is 14.3 Å². The van der Waals surface area contributed by atoms with Gasteiger partial charge in [0.1, 0.15) is 11.4 Å². The molecule has 150 valence electrons. The molecule has 6 nitrogen and oxygen atoms in total. The molecule has 0 aliphatic heterocycles. The van der Waals surface area contributed by atoms with E-state index in [1.165, 1.54) is 11.3 Å². The fourth-order valence-electron chi connectivity index (χ4n) is 2.51. The highest BCUT2D eigenvalue weighted by atomic mass is 79.9. The zero-order valence-corrected chi connectivity index (χ0v) is 18.4. The van der Waals surface area contributed by atoms with Gasteiger partial charge in [0.15, 0.2) is 6.61 Å². The third-order valence-corrected chi connectivity index (χ3v) is 6.50. The Morgan fingerprint density at radius 2 is 1.93 bits per heavy atom. The SMILES string of the molecule is Cc1cc(NC(=O)COC(=O)CNC(=O)c2sc3ccccc3c2Cl)ccc1Br. The van der Waals surface area contributed by atoms with E-state index in [0.717, 1.165) is 20.1 Å². The van der Waals surface area contributed by atoms with Crippen LogP contribution in [0.15, 0.2) is 46.9 Å². The number of anilines is 1. The molecule has 1 aromatic heterocycles. The fourth-order valence-corrected chi connectivity index (χ4v) is 4.19. The molecule has 0 fully saturated rings. The van der Waals surface area contributed by atoms with Crippen molar-refractivity contribution < 1.29 is 19.1 Å². The number of thiophene rings is 1. The molecule has 0 bridgehead atoms.